The number of hydroxylamine groups is 1. The molecule has 0 aliphatic heterocycles. The first-order chi connectivity index (χ1) is 8.63. The lowest BCUT2D eigenvalue weighted by molar-refractivity contribution is -0.469. The zero-order valence-corrected chi connectivity index (χ0v) is 9.65. The van der Waals surface area contributed by atoms with E-state index in [1.807, 2.05) is 0 Å². The van der Waals surface area contributed by atoms with Gasteiger partial charge in [-0.15, -0.1) is 0 Å². The second kappa shape index (κ2) is 5.23. The van der Waals surface area contributed by atoms with Crippen molar-refractivity contribution in [3.63, 3.8) is 0 Å². The van der Waals surface area contributed by atoms with Gasteiger partial charge in [-0.05, 0) is 48.5 Å². The standard InChI is InChI=1S/C14H13NO3/c16-13-5-1-11(2-6-13)9-15(18)10-12-3-7-14(17)8-4-12/h1-9,16-17H,10H2. The van der Waals surface area contributed by atoms with Crippen LogP contribution >= 0.6 is 0 Å². The molecular formula is C14H13NO3. The van der Waals surface area contributed by atoms with E-state index in [-0.39, 0.29) is 18.0 Å². The highest BCUT2D eigenvalue weighted by Gasteiger charge is 2.00. The molecule has 2 N–H and O–H groups in total. The second-order valence-electron chi connectivity index (χ2n) is 3.96. The predicted octanol–water partition coefficient (Wildman–Crippen LogP) is 2.23. The molecular weight excluding hydrogens is 230 g/mol. The first-order valence-electron chi connectivity index (χ1n) is 5.49. The van der Waals surface area contributed by atoms with E-state index in [4.69, 9.17) is 10.2 Å². The molecule has 4 nitrogen and oxygen atoms in total. The molecule has 0 heterocycles. The number of aromatic hydroxyl groups is 2. The van der Waals surface area contributed by atoms with Crippen LogP contribution in [0, 0.1) is 5.21 Å². The van der Waals surface area contributed by atoms with E-state index in [1.54, 1.807) is 36.4 Å². The van der Waals surface area contributed by atoms with Crippen LogP contribution < -0.4 is 0 Å². The Hall–Kier alpha value is -2.49. The van der Waals surface area contributed by atoms with Crippen molar-refractivity contribution in [1.29, 1.82) is 0 Å². The summed E-state index contributed by atoms with van der Waals surface area (Å²) in [7, 11) is 0. The third kappa shape index (κ3) is 3.25. The molecule has 2 aromatic carbocycles. The first-order valence-corrected chi connectivity index (χ1v) is 5.49. The van der Waals surface area contributed by atoms with Crippen molar-refractivity contribution in [2.45, 2.75) is 6.54 Å². The Balaban J connectivity index is 2.09. The summed E-state index contributed by atoms with van der Waals surface area (Å²) >= 11 is 0. The van der Waals surface area contributed by atoms with Gasteiger partial charge in [0.05, 0.1) is 0 Å². The highest BCUT2D eigenvalue weighted by atomic mass is 16.5. The van der Waals surface area contributed by atoms with Gasteiger partial charge < -0.3 is 15.4 Å². The molecule has 0 radical (unpaired) electrons. The Bertz CT molecular complexity index is 544. The number of benzene rings is 2. The molecule has 2 aromatic rings. The quantitative estimate of drug-likeness (QED) is 0.376. The minimum absolute atomic E-state index is 0.170. The van der Waals surface area contributed by atoms with Gasteiger partial charge in [0, 0.05) is 11.1 Å². The minimum Gasteiger partial charge on any atom is -0.624 e. The SMILES string of the molecule is [O-][N+](=Cc1ccc(O)cc1)Cc1ccc(O)cc1. The Morgan fingerprint density at radius 3 is 1.94 bits per heavy atom. The van der Waals surface area contributed by atoms with Gasteiger partial charge in [-0.1, -0.05) is 0 Å². The van der Waals surface area contributed by atoms with Crippen molar-refractivity contribution in [1.82, 2.24) is 0 Å². The van der Waals surface area contributed by atoms with Gasteiger partial charge in [-0.25, -0.2) is 4.74 Å². The summed E-state index contributed by atoms with van der Waals surface area (Å²) in [6, 6.07) is 12.9. The van der Waals surface area contributed by atoms with Gasteiger partial charge in [0.2, 0.25) is 0 Å². The molecule has 0 aliphatic rings. The van der Waals surface area contributed by atoms with Crippen LogP contribution in [-0.4, -0.2) is 21.2 Å². The van der Waals surface area contributed by atoms with Gasteiger partial charge in [0.1, 0.15) is 11.5 Å². The molecule has 0 aliphatic carbocycles. The molecule has 0 amide bonds. The van der Waals surface area contributed by atoms with Crippen LogP contribution in [0.25, 0.3) is 0 Å². The van der Waals surface area contributed by atoms with E-state index in [0.29, 0.717) is 0 Å². The number of phenolic OH excluding ortho intramolecular Hbond substituents is 2. The lowest BCUT2D eigenvalue weighted by atomic mass is 10.2. The fourth-order valence-corrected chi connectivity index (χ4v) is 1.55. The zero-order valence-electron chi connectivity index (χ0n) is 9.65. The fourth-order valence-electron chi connectivity index (χ4n) is 1.55. The van der Waals surface area contributed by atoms with E-state index in [9.17, 15) is 5.21 Å². The van der Waals surface area contributed by atoms with Crippen molar-refractivity contribution in [2.75, 3.05) is 0 Å². The predicted molar refractivity (Wildman–Crippen MR) is 68.7 cm³/mol. The molecule has 92 valence electrons. The summed E-state index contributed by atoms with van der Waals surface area (Å²) in [5.41, 5.74) is 1.54. The smallest absolute Gasteiger partial charge is 0.182 e. The van der Waals surface area contributed by atoms with E-state index in [1.165, 1.54) is 18.3 Å². The number of hydrogen-bond donors (Lipinski definition) is 2. The molecule has 0 unspecified atom stereocenters. The van der Waals surface area contributed by atoms with Crippen LogP contribution in [0.15, 0.2) is 48.5 Å². The first kappa shape index (κ1) is 12.0. The molecule has 0 fully saturated rings. The Morgan fingerprint density at radius 2 is 1.39 bits per heavy atom. The largest absolute Gasteiger partial charge is 0.624 e. The molecule has 0 saturated heterocycles. The average Bonchev–Trinajstić information content (AvgIpc) is 2.35. The molecule has 0 bridgehead atoms. The molecule has 4 heteroatoms. The Morgan fingerprint density at radius 1 is 0.889 bits per heavy atom. The van der Waals surface area contributed by atoms with Crippen LogP contribution in [0.1, 0.15) is 11.1 Å². The van der Waals surface area contributed by atoms with Gasteiger partial charge in [-0.2, -0.15) is 0 Å². The van der Waals surface area contributed by atoms with Crippen LogP contribution in [0.3, 0.4) is 0 Å². The molecule has 0 spiro atoms. The molecule has 2 rings (SSSR count). The summed E-state index contributed by atoms with van der Waals surface area (Å²) in [5.74, 6) is 0.349. The second-order valence-corrected chi connectivity index (χ2v) is 3.96. The van der Waals surface area contributed by atoms with Crippen molar-refractivity contribution in [3.05, 3.63) is 64.9 Å². The number of hydrogen-bond acceptors (Lipinski definition) is 3. The van der Waals surface area contributed by atoms with Crippen LogP contribution in [0.5, 0.6) is 11.5 Å². The van der Waals surface area contributed by atoms with Crippen molar-refractivity contribution < 1.29 is 15.0 Å². The monoisotopic (exact) mass is 243 g/mol. The number of nitrogens with zero attached hydrogens (tertiary/aromatic N) is 1. The summed E-state index contributed by atoms with van der Waals surface area (Å²) in [4.78, 5) is 0. The highest BCUT2D eigenvalue weighted by molar-refractivity contribution is 5.75. The average molecular weight is 243 g/mol. The molecule has 18 heavy (non-hydrogen) atoms. The lowest BCUT2D eigenvalue weighted by Gasteiger charge is -2.04. The molecule has 0 atom stereocenters. The fraction of sp³-hybridized carbons (Fsp3) is 0.0714. The van der Waals surface area contributed by atoms with Gasteiger partial charge in [0.25, 0.3) is 0 Å². The molecule has 0 saturated carbocycles. The number of rotatable bonds is 3. The van der Waals surface area contributed by atoms with Crippen LogP contribution in [0.2, 0.25) is 0 Å². The summed E-state index contributed by atoms with van der Waals surface area (Å²) in [6.07, 6.45) is 1.45. The van der Waals surface area contributed by atoms with E-state index in [0.717, 1.165) is 15.9 Å². The summed E-state index contributed by atoms with van der Waals surface area (Å²) in [5, 5.41) is 29.9. The Kier molecular flexibility index (Phi) is 3.48. The zero-order chi connectivity index (χ0) is 13.0. The summed E-state index contributed by atoms with van der Waals surface area (Å²) in [6.45, 7) is 0.209. The van der Waals surface area contributed by atoms with Crippen LogP contribution in [0.4, 0.5) is 0 Å². The summed E-state index contributed by atoms with van der Waals surface area (Å²) < 4.78 is 0.804. The van der Waals surface area contributed by atoms with Crippen LogP contribution in [-0.2, 0) is 6.54 Å². The highest BCUT2D eigenvalue weighted by Crippen LogP contribution is 2.11. The van der Waals surface area contributed by atoms with Crippen molar-refractivity contribution >= 4 is 6.21 Å². The van der Waals surface area contributed by atoms with Gasteiger partial charge in [0.15, 0.2) is 12.8 Å². The topological polar surface area (TPSA) is 66.5 Å². The van der Waals surface area contributed by atoms with E-state index < -0.39 is 0 Å². The molecule has 0 aromatic heterocycles. The third-order valence-corrected chi connectivity index (χ3v) is 2.46. The number of phenols is 2. The van der Waals surface area contributed by atoms with E-state index >= 15 is 0 Å². The van der Waals surface area contributed by atoms with Crippen molar-refractivity contribution in [2.24, 2.45) is 0 Å². The normalized spacial score (nSPS) is 11.4. The maximum Gasteiger partial charge on any atom is 0.182 e. The maximum atomic E-state index is 11.7. The van der Waals surface area contributed by atoms with Gasteiger partial charge >= 0.3 is 0 Å². The van der Waals surface area contributed by atoms with E-state index in [2.05, 4.69) is 0 Å². The maximum absolute atomic E-state index is 11.7. The van der Waals surface area contributed by atoms with Crippen molar-refractivity contribution in [3.8, 4) is 11.5 Å². The lowest BCUT2D eigenvalue weighted by Crippen LogP contribution is -2.05. The third-order valence-electron chi connectivity index (χ3n) is 2.46. The Labute approximate surface area is 105 Å². The minimum atomic E-state index is 0.170. The van der Waals surface area contributed by atoms with Gasteiger partial charge in [-0.3, -0.25) is 0 Å².